The molecule has 0 unspecified atom stereocenters. The molecule has 4 rings (SSSR count). The van der Waals surface area contributed by atoms with Gasteiger partial charge in [0, 0.05) is 23.2 Å². The molecule has 0 fully saturated rings. The fourth-order valence-electron chi connectivity index (χ4n) is 3.08. The van der Waals surface area contributed by atoms with Crippen LogP contribution < -0.4 is 14.8 Å². The molecule has 0 saturated heterocycles. The smallest absolute Gasteiger partial charge is 0.271 e. The van der Waals surface area contributed by atoms with Crippen LogP contribution in [-0.4, -0.2) is 20.9 Å². The summed E-state index contributed by atoms with van der Waals surface area (Å²) in [6, 6.07) is 17.1. The minimum absolute atomic E-state index is 0.149. The van der Waals surface area contributed by atoms with Gasteiger partial charge in [0.05, 0.1) is 12.6 Å². The summed E-state index contributed by atoms with van der Waals surface area (Å²) in [7, 11) is -3.66. The minimum Gasteiger partial charge on any atom is -0.493 e. The lowest BCUT2D eigenvalue weighted by Crippen LogP contribution is -2.32. The number of nitrogens with one attached hydrogen (secondary N) is 2. The molecule has 0 saturated carbocycles. The van der Waals surface area contributed by atoms with Crippen LogP contribution in [0.3, 0.4) is 0 Å². The Morgan fingerprint density at radius 3 is 2.75 bits per heavy atom. The number of para-hydroxylation sites is 1. The number of hydrogen-bond donors (Lipinski definition) is 2. The fourth-order valence-corrected chi connectivity index (χ4v) is 5.12. The number of thiophene rings is 1. The summed E-state index contributed by atoms with van der Waals surface area (Å²) < 4.78 is 33.1. The molecular formula is C20H18N2O4S2. The van der Waals surface area contributed by atoms with Crippen molar-refractivity contribution in [2.24, 2.45) is 0 Å². The largest absolute Gasteiger partial charge is 0.493 e. The van der Waals surface area contributed by atoms with Gasteiger partial charge < -0.3 is 10.1 Å². The van der Waals surface area contributed by atoms with Crippen LogP contribution in [0.5, 0.6) is 5.75 Å². The number of benzene rings is 2. The van der Waals surface area contributed by atoms with Crippen molar-refractivity contribution in [3.63, 3.8) is 0 Å². The normalized spacial score (nSPS) is 15.9. The second-order valence-corrected chi connectivity index (χ2v) is 9.18. The lowest BCUT2D eigenvalue weighted by atomic mass is 10.00. The van der Waals surface area contributed by atoms with Gasteiger partial charge in [0.2, 0.25) is 0 Å². The molecule has 3 aromatic rings. The third-order valence-electron chi connectivity index (χ3n) is 4.40. The lowest BCUT2D eigenvalue weighted by molar-refractivity contribution is 0.0925. The van der Waals surface area contributed by atoms with Gasteiger partial charge in [-0.15, -0.1) is 11.3 Å². The van der Waals surface area contributed by atoms with E-state index in [1.807, 2.05) is 24.3 Å². The first-order valence-corrected chi connectivity index (χ1v) is 11.1. The van der Waals surface area contributed by atoms with Gasteiger partial charge in [-0.05, 0) is 35.7 Å². The van der Waals surface area contributed by atoms with Crippen molar-refractivity contribution >= 4 is 33.0 Å². The average molecular weight is 415 g/mol. The van der Waals surface area contributed by atoms with Gasteiger partial charge >= 0.3 is 0 Å². The summed E-state index contributed by atoms with van der Waals surface area (Å²) in [5.41, 5.74) is 1.67. The van der Waals surface area contributed by atoms with E-state index in [9.17, 15) is 13.2 Å². The van der Waals surface area contributed by atoms with Gasteiger partial charge in [0.15, 0.2) is 0 Å². The summed E-state index contributed by atoms with van der Waals surface area (Å²) in [5.74, 6) is 0.510. The molecule has 1 aromatic heterocycles. The number of carbonyl (C=O) groups is 1. The van der Waals surface area contributed by atoms with E-state index in [1.54, 1.807) is 29.6 Å². The molecule has 2 aromatic carbocycles. The van der Waals surface area contributed by atoms with E-state index in [4.69, 9.17) is 4.74 Å². The molecular weight excluding hydrogens is 396 g/mol. The van der Waals surface area contributed by atoms with E-state index < -0.39 is 10.0 Å². The lowest BCUT2D eigenvalue weighted by Gasteiger charge is -2.26. The Hall–Kier alpha value is -2.84. The van der Waals surface area contributed by atoms with Crippen molar-refractivity contribution in [1.29, 1.82) is 0 Å². The van der Waals surface area contributed by atoms with Crippen molar-refractivity contribution in [3.05, 3.63) is 77.2 Å². The monoisotopic (exact) mass is 414 g/mol. The predicted molar refractivity (Wildman–Crippen MR) is 108 cm³/mol. The molecule has 144 valence electrons. The van der Waals surface area contributed by atoms with Gasteiger partial charge in [-0.3, -0.25) is 9.52 Å². The highest BCUT2D eigenvalue weighted by atomic mass is 32.2. The van der Waals surface area contributed by atoms with Crippen molar-refractivity contribution in [3.8, 4) is 5.75 Å². The van der Waals surface area contributed by atoms with E-state index in [-0.39, 0.29) is 16.2 Å². The number of sulfonamides is 1. The van der Waals surface area contributed by atoms with Crippen molar-refractivity contribution in [1.82, 2.24) is 5.32 Å². The van der Waals surface area contributed by atoms with Crippen molar-refractivity contribution in [2.45, 2.75) is 16.7 Å². The first-order valence-electron chi connectivity index (χ1n) is 8.72. The topological polar surface area (TPSA) is 84.5 Å². The highest BCUT2D eigenvalue weighted by Gasteiger charge is 2.23. The Balaban J connectivity index is 1.51. The third kappa shape index (κ3) is 3.88. The molecule has 1 atom stereocenters. The van der Waals surface area contributed by atoms with Crippen LogP contribution in [0, 0.1) is 0 Å². The summed E-state index contributed by atoms with van der Waals surface area (Å²) >= 11 is 1.13. The minimum atomic E-state index is -3.66. The summed E-state index contributed by atoms with van der Waals surface area (Å²) in [5, 5.41) is 4.71. The van der Waals surface area contributed by atoms with Crippen LogP contribution in [0.4, 0.5) is 5.69 Å². The molecule has 1 aliphatic rings. The van der Waals surface area contributed by atoms with E-state index in [0.29, 0.717) is 24.3 Å². The summed E-state index contributed by atoms with van der Waals surface area (Å²) in [4.78, 5) is 12.7. The first-order chi connectivity index (χ1) is 13.5. The van der Waals surface area contributed by atoms with E-state index in [2.05, 4.69) is 10.0 Å². The van der Waals surface area contributed by atoms with Crippen LogP contribution in [0.1, 0.15) is 28.4 Å². The summed E-state index contributed by atoms with van der Waals surface area (Å²) in [6.07, 6.45) is 0.674. The molecule has 1 amide bonds. The van der Waals surface area contributed by atoms with E-state index in [1.165, 1.54) is 12.1 Å². The maximum Gasteiger partial charge on any atom is 0.271 e. The third-order valence-corrected chi connectivity index (χ3v) is 7.18. The maximum atomic E-state index is 12.7. The van der Waals surface area contributed by atoms with Crippen LogP contribution in [0.2, 0.25) is 0 Å². The van der Waals surface area contributed by atoms with Gasteiger partial charge in [0.1, 0.15) is 9.96 Å². The molecule has 28 heavy (non-hydrogen) atoms. The molecule has 2 heterocycles. The number of anilines is 1. The zero-order valence-corrected chi connectivity index (χ0v) is 16.4. The van der Waals surface area contributed by atoms with E-state index in [0.717, 1.165) is 22.6 Å². The zero-order chi connectivity index (χ0) is 19.6. The quantitative estimate of drug-likeness (QED) is 0.665. The van der Waals surface area contributed by atoms with E-state index >= 15 is 0 Å². The molecule has 8 heteroatoms. The van der Waals surface area contributed by atoms with Crippen LogP contribution in [-0.2, 0) is 10.0 Å². The van der Waals surface area contributed by atoms with Crippen LogP contribution >= 0.6 is 11.3 Å². The second-order valence-electron chi connectivity index (χ2n) is 6.32. The molecule has 0 aliphatic carbocycles. The first kappa shape index (κ1) is 18.5. The maximum absolute atomic E-state index is 12.7. The standard InChI is InChI=1S/C20H18N2O4S2/c23-20(21-17-10-11-26-18-8-2-1-7-16(17)18)14-5-3-6-15(13-14)22-28(24,25)19-9-4-12-27-19/h1-9,12-13,17,22H,10-11H2,(H,21,23)/t17-/m0/s1. The highest BCUT2D eigenvalue weighted by molar-refractivity contribution is 7.94. The number of amides is 1. The Labute approximate surface area is 167 Å². The van der Waals surface area contributed by atoms with Gasteiger partial charge in [0.25, 0.3) is 15.9 Å². The molecule has 0 spiro atoms. The zero-order valence-electron chi connectivity index (χ0n) is 14.8. The van der Waals surface area contributed by atoms with Crippen molar-refractivity contribution < 1.29 is 17.9 Å². The second kappa shape index (κ2) is 7.65. The molecule has 0 radical (unpaired) electrons. The molecule has 6 nitrogen and oxygen atoms in total. The van der Waals surface area contributed by atoms with Gasteiger partial charge in [-0.2, -0.15) is 0 Å². The fraction of sp³-hybridized carbons (Fsp3) is 0.150. The van der Waals surface area contributed by atoms with Crippen molar-refractivity contribution in [2.75, 3.05) is 11.3 Å². The van der Waals surface area contributed by atoms with Gasteiger partial charge in [-0.25, -0.2) is 8.42 Å². The molecule has 2 N–H and O–H groups in total. The Kier molecular flexibility index (Phi) is 5.06. The van der Waals surface area contributed by atoms with Crippen LogP contribution in [0.25, 0.3) is 0 Å². The highest BCUT2D eigenvalue weighted by Crippen LogP contribution is 2.31. The Bertz CT molecular complexity index is 1090. The Morgan fingerprint density at radius 2 is 1.93 bits per heavy atom. The molecule has 1 aliphatic heterocycles. The number of ether oxygens (including phenoxy) is 1. The Morgan fingerprint density at radius 1 is 1.07 bits per heavy atom. The van der Waals surface area contributed by atoms with Gasteiger partial charge in [-0.1, -0.05) is 30.3 Å². The number of hydrogen-bond acceptors (Lipinski definition) is 5. The SMILES string of the molecule is O=C(N[C@H]1CCOc2ccccc21)c1cccc(NS(=O)(=O)c2cccs2)c1. The number of carbonyl (C=O) groups excluding carboxylic acids is 1. The van der Waals surface area contributed by atoms with Crippen LogP contribution in [0.15, 0.2) is 70.3 Å². The molecule has 0 bridgehead atoms. The predicted octanol–water partition coefficient (Wildman–Crippen LogP) is 3.80. The number of rotatable bonds is 5. The summed E-state index contributed by atoms with van der Waals surface area (Å²) in [6.45, 7) is 0.530. The number of fused-ring (bicyclic) bond motifs is 1. The average Bonchev–Trinajstić information content (AvgIpc) is 3.24.